The Balaban J connectivity index is 2.87. The molecule has 0 aliphatic carbocycles. The van der Waals surface area contributed by atoms with Gasteiger partial charge in [0.15, 0.2) is 5.16 Å². The van der Waals surface area contributed by atoms with Gasteiger partial charge in [-0.05, 0) is 6.26 Å². The summed E-state index contributed by atoms with van der Waals surface area (Å²) in [5.41, 5.74) is 2.33. The molecule has 0 radical (unpaired) electrons. The SMILES string of the molecule is CSc1ncnc(NN)n1. The van der Waals surface area contributed by atoms with Gasteiger partial charge in [0.2, 0.25) is 5.95 Å². The highest BCUT2D eigenvalue weighted by Gasteiger charge is 1.94. The maximum Gasteiger partial charge on any atom is 0.241 e. The third kappa shape index (κ3) is 1.55. The molecule has 0 bridgehead atoms. The molecule has 5 nitrogen and oxygen atoms in total. The maximum absolute atomic E-state index is 5.06. The van der Waals surface area contributed by atoms with Gasteiger partial charge in [-0.3, -0.25) is 5.43 Å². The lowest BCUT2D eigenvalue weighted by Crippen LogP contribution is -2.10. The van der Waals surface area contributed by atoms with Crippen LogP contribution in [-0.4, -0.2) is 21.2 Å². The second kappa shape index (κ2) is 3.33. The number of hydrazine groups is 1. The standard InChI is InChI=1S/C4H7N5S/c1-10-4-7-2-6-3(8-4)9-5/h2H,5H2,1H3,(H,6,7,8,9). The zero-order valence-electron chi connectivity index (χ0n) is 5.40. The van der Waals surface area contributed by atoms with Gasteiger partial charge in [-0.25, -0.2) is 15.8 Å². The van der Waals surface area contributed by atoms with Crippen molar-refractivity contribution in [3.05, 3.63) is 6.33 Å². The Morgan fingerprint density at radius 1 is 1.60 bits per heavy atom. The van der Waals surface area contributed by atoms with Crippen LogP contribution in [0.4, 0.5) is 5.95 Å². The lowest BCUT2D eigenvalue weighted by molar-refractivity contribution is 0.903. The van der Waals surface area contributed by atoms with Crippen LogP contribution in [0.25, 0.3) is 0 Å². The quantitative estimate of drug-likeness (QED) is 0.354. The fourth-order valence-electron chi connectivity index (χ4n) is 0.449. The van der Waals surface area contributed by atoms with Crippen LogP contribution in [-0.2, 0) is 0 Å². The Hall–Kier alpha value is -0.880. The van der Waals surface area contributed by atoms with Gasteiger partial charge in [0.05, 0.1) is 0 Å². The van der Waals surface area contributed by atoms with Crippen molar-refractivity contribution in [3.63, 3.8) is 0 Å². The first-order valence-corrected chi connectivity index (χ1v) is 3.79. The number of nitrogens with zero attached hydrogens (tertiary/aromatic N) is 3. The van der Waals surface area contributed by atoms with Crippen LogP contribution in [0.3, 0.4) is 0 Å². The van der Waals surface area contributed by atoms with E-state index in [2.05, 4.69) is 20.4 Å². The second-order valence-electron chi connectivity index (χ2n) is 1.44. The van der Waals surface area contributed by atoms with E-state index in [9.17, 15) is 0 Å². The number of anilines is 1. The van der Waals surface area contributed by atoms with Gasteiger partial charge < -0.3 is 0 Å². The van der Waals surface area contributed by atoms with E-state index in [4.69, 9.17) is 5.84 Å². The second-order valence-corrected chi connectivity index (χ2v) is 2.21. The highest BCUT2D eigenvalue weighted by molar-refractivity contribution is 7.98. The summed E-state index contributed by atoms with van der Waals surface area (Å²) in [6.45, 7) is 0. The summed E-state index contributed by atoms with van der Waals surface area (Å²) < 4.78 is 0. The molecule has 3 N–H and O–H groups in total. The smallest absolute Gasteiger partial charge is 0.241 e. The average molecular weight is 157 g/mol. The third-order valence-corrected chi connectivity index (χ3v) is 1.42. The molecule has 1 heterocycles. The van der Waals surface area contributed by atoms with Crippen LogP contribution in [0.2, 0.25) is 0 Å². The van der Waals surface area contributed by atoms with Crippen molar-refractivity contribution in [2.24, 2.45) is 5.84 Å². The summed E-state index contributed by atoms with van der Waals surface area (Å²) in [5, 5.41) is 0.656. The van der Waals surface area contributed by atoms with Gasteiger partial charge >= 0.3 is 0 Å². The Morgan fingerprint density at radius 3 is 3.00 bits per heavy atom. The summed E-state index contributed by atoms with van der Waals surface area (Å²) in [6.07, 6.45) is 3.30. The van der Waals surface area contributed by atoms with E-state index < -0.39 is 0 Å². The predicted molar refractivity (Wildman–Crippen MR) is 39.4 cm³/mol. The lowest BCUT2D eigenvalue weighted by Gasteiger charge is -1.96. The third-order valence-electron chi connectivity index (χ3n) is 0.861. The molecule has 0 atom stereocenters. The normalized spacial score (nSPS) is 9.40. The zero-order valence-corrected chi connectivity index (χ0v) is 6.22. The summed E-state index contributed by atoms with van der Waals surface area (Å²) >= 11 is 1.44. The van der Waals surface area contributed by atoms with E-state index >= 15 is 0 Å². The van der Waals surface area contributed by atoms with E-state index in [1.807, 2.05) is 6.26 Å². The lowest BCUT2D eigenvalue weighted by atomic mass is 11.0. The molecule has 0 fully saturated rings. The molecule has 1 aromatic heterocycles. The van der Waals surface area contributed by atoms with Crippen LogP contribution in [0, 0.1) is 0 Å². The van der Waals surface area contributed by atoms with Crippen molar-refractivity contribution in [2.45, 2.75) is 5.16 Å². The number of thioether (sulfide) groups is 1. The predicted octanol–water partition coefficient (Wildman–Crippen LogP) is -0.121. The molecule has 0 aromatic carbocycles. The van der Waals surface area contributed by atoms with Crippen molar-refractivity contribution in [2.75, 3.05) is 11.7 Å². The Morgan fingerprint density at radius 2 is 2.40 bits per heavy atom. The van der Waals surface area contributed by atoms with E-state index in [0.29, 0.717) is 11.1 Å². The largest absolute Gasteiger partial charge is 0.292 e. The Bertz CT molecular complexity index is 195. The molecule has 10 heavy (non-hydrogen) atoms. The molecule has 54 valence electrons. The maximum atomic E-state index is 5.06. The molecule has 0 saturated heterocycles. The minimum atomic E-state index is 0.388. The number of hydrogen-bond donors (Lipinski definition) is 2. The van der Waals surface area contributed by atoms with Crippen molar-refractivity contribution >= 4 is 17.7 Å². The van der Waals surface area contributed by atoms with Crippen molar-refractivity contribution < 1.29 is 0 Å². The Kier molecular flexibility index (Phi) is 2.41. The fourth-order valence-corrected chi connectivity index (χ4v) is 0.779. The number of nitrogens with one attached hydrogen (secondary N) is 1. The molecule has 0 spiro atoms. The van der Waals surface area contributed by atoms with Crippen molar-refractivity contribution in [3.8, 4) is 0 Å². The van der Waals surface area contributed by atoms with Crippen molar-refractivity contribution in [1.82, 2.24) is 15.0 Å². The van der Waals surface area contributed by atoms with E-state index in [1.54, 1.807) is 0 Å². The van der Waals surface area contributed by atoms with Crippen LogP contribution < -0.4 is 11.3 Å². The molecule has 6 heteroatoms. The molecule has 0 unspecified atom stereocenters. The summed E-state index contributed by atoms with van der Waals surface area (Å²) in [6, 6.07) is 0. The first-order valence-electron chi connectivity index (χ1n) is 2.56. The van der Waals surface area contributed by atoms with E-state index in [0.717, 1.165) is 0 Å². The van der Waals surface area contributed by atoms with E-state index in [1.165, 1.54) is 18.1 Å². The fraction of sp³-hybridized carbons (Fsp3) is 0.250. The monoisotopic (exact) mass is 157 g/mol. The van der Waals surface area contributed by atoms with Gasteiger partial charge in [-0.15, -0.1) is 0 Å². The number of nitrogen functional groups attached to an aromatic ring is 1. The van der Waals surface area contributed by atoms with Crippen LogP contribution in [0.5, 0.6) is 0 Å². The van der Waals surface area contributed by atoms with Gasteiger partial charge in [0.25, 0.3) is 0 Å². The van der Waals surface area contributed by atoms with Gasteiger partial charge in [0, 0.05) is 0 Å². The molecular weight excluding hydrogens is 150 g/mol. The molecule has 1 rings (SSSR count). The topological polar surface area (TPSA) is 76.7 Å². The zero-order chi connectivity index (χ0) is 7.40. The molecule has 0 amide bonds. The summed E-state index contributed by atoms with van der Waals surface area (Å²) in [4.78, 5) is 11.5. The highest BCUT2D eigenvalue weighted by Crippen LogP contribution is 2.06. The van der Waals surface area contributed by atoms with Gasteiger partial charge in [-0.1, -0.05) is 11.8 Å². The first-order chi connectivity index (χ1) is 4.86. The molecule has 1 aromatic rings. The molecule has 0 aliphatic rings. The number of hydrogen-bond acceptors (Lipinski definition) is 6. The van der Waals surface area contributed by atoms with Gasteiger partial charge in [-0.2, -0.15) is 4.98 Å². The minimum absolute atomic E-state index is 0.388. The molecule has 0 aliphatic heterocycles. The average Bonchev–Trinajstić information content (AvgIpc) is 2.05. The molecule has 0 saturated carbocycles. The number of rotatable bonds is 2. The highest BCUT2D eigenvalue weighted by atomic mass is 32.2. The summed E-state index contributed by atoms with van der Waals surface area (Å²) in [5.74, 6) is 5.45. The summed E-state index contributed by atoms with van der Waals surface area (Å²) in [7, 11) is 0. The Labute approximate surface area is 62.4 Å². The van der Waals surface area contributed by atoms with Crippen LogP contribution in [0.15, 0.2) is 11.5 Å². The van der Waals surface area contributed by atoms with Gasteiger partial charge in [0.1, 0.15) is 6.33 Å². The van der Waals surface area contributed by atoms with Crippen LogP contribution >= 0.6 is 11.8 Å². The first kappa shape index (κ1) is 7.23. The minimum Gasteiger partial charge on any atom is -0.292 e. The van der Waals surface area contributed by atoms with E-state index in [-0.39, 0.29) is 0 Å². The molecular formula is C4H7N5S. The number of nitrogens with two attached hydrogens (primary N) is 1. The van der Waals surface area contributed by atoms with Crippen molar-refractivity contribution in [1.29, 1.82) is 0 Å². The number of aromatic nitrogens is 3. The van der Waals surface area contributed by atoms with Crippen LogP contribution in [0.1, 0.15) is 0 Å².